The largest absolute Gasteiger partial charge is 0.481 e. The molecule has 0 aromatic heterocycles. The third kappa shape index (κ3) is 3.06. The zero-order valence-electron chi connectivity index (χ0n) is 11.8. The van der Waals surface area contributed by atoms with Gasteiger partial charge >= 0.3 is 12.0 Å². The fraction of sp³-hybridized carbons (Fsp3) is 0.857. The number of hydrogen-bond donors (Lipinski definition) is 1. The number of carboxylic acid groups (broad SMARTS) is 1. The summed E-state index contributed by atoms with van der Waals surface area (Å²) in [4.78, 5) is 29.3. The van der Waals surface area contributed by atoms with Crippen LogP contribution < -0.4 is 0 Å². The Morgan fingerprint density at radius 3 is 2.20 bits per heavy atom. The first kappa shape index (κ1) is 13.7. The van der Waals surface area contributed by atoms with Crippen LogP contribution in [0.1, 0.15) is 19.3 Å². The van der Waals surface area contributed by atoms with Crippen LogP contribution in [0.2, 0.25) is 0 Å². The van der Waals surface area contributed by atoms with Gasteiger partial charge in [-0.25, -0.2) is 4.79 Å². The molecular weight excluding hydrogens is 258 g/mol. The summed E-state index contributed by atoms with van der Waals surface area (Å²) in [5.41, 5.74) is 0. The van der Waals surface area contributed by atoms with Crippen molar-refractivity contribution in [3.05, 3.63) is 0 Å². The van der Waals surface area contributed by atoms with Crippen molar-refractivity contribution in [3.63, 3.8) is 0 Å². The number of amides is 2. The number of hydrogen-bond acceptors (Lipinski definition) is 3. The Kier molecular flexibility index (Phi) is 3.83. The molecule has 0 bridgehead atoms. The van der Waals surface area contributed by atoms with Gasteiger partial charge in [0, 0.05) is 45.8 Å². The summed E-state index contributed by atoms with van der Waals surface area (Å²) in [6, 6.07) is 0.0276. The fourth-order valence-electron chi connectivity index (χ4n) is 3.12. The molecule has 0 spiro atoms. The van der Waals surface area contributed by atoms with Crippen LogP contribution in [0.3, 0.4) is 0 Å². The van der Waals surface area contributed by atoms with Crippen LogP contribution in [0.25, 0.3) is 0 Å². The highest BCUT2D eigenvalue weighted by Crippen LogP contribution is 2.30. The lowest BCUT2D eigenvalue weighted by atomic mass is 10.1. The Morgan fingerprint density at radius 2 is 1.65 bits per heavy atom. The SMILES string of the molecule is O=C(O)C1CCN(C(=O)N2CCN(CC3CC3)CC2)C1. The van der Waals surface area contributed by atoms with E-state index < -0.39 is 5.97 Å². The molecule has 6 nitrogen and oxygen atoms in total. The molecule has 20 heavy (non-hydrogen) atoms. The van der Waals surface area contributed by atoms with Gasteiger partial charge in [-0.1, -0.05) is 0 Å². The van der Waals surface area contributed by atoms with Crippen LogP contribution in [0, 0.1) is 11.8 Å². The van der Waals surface area contributed by atoms with E-state index >= 15 is 0 Å². The monoisotopic (exact) mass is 281 g/mol. The lowest BCUT2D eigenvalue weighted by Gasteiger charge is -2.36. The fourth-order valence-corrected chi connectivity index (χ4v) is 3.12. The smallest absolute Gasteiger partial charge is 0.320 e. The highest BCUT2D eigenvalue weighted by molar-refractivity contribution is 5.77. The molecule has 0 aromatic rings. The van der Waals surface area contributed by atoms with Gasteiger partial charge in [0.25, 0.3) is 0 Å². The van der Waals surface area contributed by atoms with Crippen LogP contribution in [-0.2, 0) is 4.79 Å². The van der Waals surface area contributed by atoms with Gasteiger partial charge in [0.2, 0.25) is 0 Å². The van der Waals surface area contributed by atoms with E-state index in [-0.39, 0.29) is 11.9 Å². The van der Waals surface area contributed by atoms with E-state index in [1.165, 1.54) is 19.4 Å². The minimum absolute atomic E-state index is 0.0276. The highest BCUT2D eigenvalue weighted by Gasteiger charge is 2.34. The molecule has 2 saturated heterocycles. The molecule has 1 saturated carbocycles. The molecule has 1 atom stereocenters. The zero-order valence-corrected chi connectivity index (χ0v) is 11.8. The lowest BCUT2D eigenvalue weighted by molar-refractivity contribution is -0.141. The van der Waals surface area contributed by atoms with Gasteiger partial charge < -0.3 is 14.9 Å². The van der Waals surface area contributed by atoms with E-state index in [0.717, 1.165) is 32.1 Å². The maximum Gasteiger partial charge on any atom is 0.320 e. The maximum absolute atomic E-state index is 12.4. The van der Waals surface area contributed by atoms with E-state index in [2.05, 4.69) is 4.90 Å². The molecule has 0 aromatic carbocycles. The van der Waals surface area contributed by atoms with Crippen LogP contribution in [0.15, 0.2) is 0 Å². The zero-order chi connectivity index (χ0) is 14.1. The van der Waals surface area contributed by atoms with E-state index in [0.29, 0.717) is 19.5 Å². The van der Waals surface area contributed by atoms with E-state index in [9.17, 15) is 9.59 Å². The second-order valence-corrected chi connectivity index (χ2v) is 6.28. The molecule has 2 amide bonds. The van der Waals surface area contributed by atoms with Crippen molar-refractivity contribution in [3.8, 4) is 0 Å². The molecule has 1 aliphatic carbocycles. The van der Waals surface area contributed by atoms with Gasteiger partial charge in [-0.2, -0.15) is 0 Å². The van der Waals surface area contributed by atoms with E-state index in [1.807, 2.05) is 4.90 Å². The summed E-state index contributed by atoms with van der Waals surface area (Å²) in [5, 5.41) is 8.99. The molecule has 0 radical (unpaired) electrons. The second kappa shape index (κ2) is 5.60. The summed E-state index contributed by atoms with van der Waals surface area (Å²) < 4.78 is 0. The molecule has 3 rings (SSSR count). The number of piperazine rings is 1. The van der Waals surface area contributed by atoms with Crippen molar-refractivity contribution in [1.82, 2.24) is 14.7 Å². The van der Waals surface area contributed by atoms with Crippen LogP contribution in [0.5, 0.6) is 0 Å². The van der Waals surface area contributed by atoms with Crippen LogP contribution in [0.4, 0.5) is 4.79 Å². The quantitative estimate of drug-likeness (QED) is 0.820. The van der Waals surface area contributed by atoms with Gasteiger partial charge in [0.1, 0.15) is 0 Å². The number of rotatable bonds is 3. The number of aliphatic carboxylic acids is 1. The molecule has 3 fully saturated rings. The third-order valence-corrected chi connectivity index (χ3v) is 4.66. The first-order valence-corrected chi connectivity index (χ1v) is 7.62. The number of carboxylic acids is 1. The maximum atomic E-state index is 12.4. The van der Waals surface area contributed by atoms with E-state index in [4.69, 9.17) is 5.11 Å². The van der Waals surface area contributed by atoms with Gasteiger partial charge in [-0.3, -0.25) is 9.69 Å². The Bertz CT molecular complexity index is 389. The number of carbonyl (C=O) groups excluding carboxylic acids is 1. The molecule has 112 valence electrons. The average molecular weight is 281 g/mol. The van der Waals surface area contributed by atoms with Crippen molar-refractivity contribution in [1.29, 1.82) is 0 Å². The number of urea groups is 1. The second-order valence-electron chi connectivity index (χ2n) is 6.28. The van der Waals surface area contributed by atoms with Gasteiger partial charge in [-0.05, 0) is 25.2 Å². The third-order valence-electron chi connectivity index (χ3n) is 4.66. The Labute approximate surface area is 119 Å². The van der Waals surface area contributed by atoms with Crippen molar-refractivity contribution in [2.24, 2.45) is 11.8 Å². The lowest BCUT2D eigenvalue weighted by Crippen LogP contribution is -2.52. The van der Waals surface area contributed by atoms with Gasteiger partial charge in [0.15, 0.2) is 0 Å². The van der Waals surface area contributed by atoms with E-state index in [1.54, 1.807) is 4.90 Å². The van der Waals surface area contributed by atoms with Crippen molar-refractivity contribution in [2.45, 2.75) is 19.3 Å². The van der Waals surface area contributed by atoms with Crippen molar-refractivity contribution >= 4 is 12.0 Å². The van der Waals surface area contributed by atoms with Gasteiger partial charge in [-0.15, -0.1) is 0 Å². The topological polar surface area (TPSA) is 64.1 Å². The summed E-state index contributed by atoms with van der Waals surface area (Å²) in [5.74, 6) is -0.267. The molecular formula is C14H23N3O3. The van der Waals surface area contributed by atoms with Crippen LogP contribution >= 0.6 is 0 Å². The minimum atomic E-state index is -0.783. The molecule has 2 heterocycles. The molecule has 3 aliphatic rings. The minimum Gasteiger partial charge on any atom is -0.481 e. The normalized spacial score (nSPS) is 27.9. The van der Waals surface area contributed by atoms with Crippen LogP contribution in [-0.4, -0.2) is 77.6 Å². The standard InChI is InChI=1S/C14H23N3O3/c18-13(19)12-3-4-17(10-12)14(20)16-7-5-15(6-8-16)9-11-1-2-11/h11-12H,1-10H2,(H,18,19). The molecule has 2 aliphatic heterocycles. The Hall–Kier alpha value is -1.30. The highest BCUT2D eigenvalue weighted by atomic mass is 16.4. The first-order chi connectivity index (χ1) is 9.63. The predicted octanol–water partition coefficient (Wildman–Crippen LogP) is 0.540. The number of nitrogens with zero attached hydrogens (tertiary/aromatic N) is 3. The molecule has 6 heteroatoms. The summed E-state index contributed by atoms with van der Waals surface area (Å²) >= 11 is 0. The number of carbonyl (C=O) groups is 2. The van der Waals surface area contributed by atoms with Crippen molar-refractivity contribution < 1.29 is 14.7 Å². The number of likely N-dealkylation sites (tertiary alicyclic amines) is 1. The van der Waals surface area contributed by atoms with Crippen molar-refractivity contribution in [2.75, 3.05) is 45.8 Å². The summed E-state index contributed by atoms with van der Waals surface area (Å²) in [6.07, 6.45) is 3.32. The average Bonchev–Trinajstić information content (AvgIpc) is 3.11. The summed E-state index contributed by atoms with van der Waals surface area (Å²) in [7, 11) is 0. The predicted molar refractivity (Wildman–Crippen MR) is 73.4 cm³/mol. The molecule has 1 unspecified atom stereocenters. The summed E-state index contributed by atoms with van der Waals surface area (Å²) in [6.45, 7) is 5.61. The Balaban J connectivity index is 1.45. The van der Waals surface area contributed by atoms with Gasteiger partial charge in [0.05, 0.1) is 5.92 Å². The first-order valence-electron chi connectivity index (χ1n) is 7.62. The molecule has 1 N–H and O–H groups in total. The Morgan fingerprint density at radius 1 is 0.950 bits per heavy atom.